The number of ether oxygens (including phenoxy) is 1. The summed E-state index contributed by atoms with van der Waals surface area (Å²) >= 11 is 0. The van der Waals surface area contributed by atoms with Crippen LogP contribution in [-0.4, -0.2) is 42.5 Å². The number of nitrogen functional groups attached to an aromatic ring is 1. The van der Waals surface area contributed by atoms with Gasteiger partial charge in [-0.05, 0) is 58.8 Å². The molecule has 0 radical (unpaired) electrons. The number of nitrogens with zero attached hydrogens (tertiary/aromatic N) is 6. The molecule has 0 unspecified atom stereocenters. The molecule has 37 heavy (non-hydrogen) atoms. The molecule has 0 fully saturated rings. The average molecular weight is 497 g/mol. The molecule has 0 aliphatic heterocycles. The van der Waals surface area contributed by atoms with Crippen LogP contribution in [0.2, 0.25) is 0 Å². The third-order valence-electron chi connectivity index (χ3n) is 6.18. The van der Waals surface area contributed by atoms with Crippen molar-refractivity contribution in [2.45, 2.75) is 33.2 Å². The van der Waals surface area contributed by atoms with Crippen LogP contribution in [0.5, 0.6) is 0 Å². The highest BCUT2D eigenvalue weighted by Crippen LogP contribution is 2.23. The number of aryl methyl sites for hydroxylation is 1. The topological polar surface area (TPSA) is 126 Å². The number of hydrogen-bond acceptors (Lipinski definition) is 7. The highest BCUT2D eigenvalue weighted by Gasteiger charge is 2.17. The standard InChI is InChI=1S/C27H28N8O2/c1-18-12-23-21(8-10-29-25(23)28)13-22(18)14-30-27(36)26-32-24(17-37-2)35(33-26)16-20-6-4-19(5-7-20)15-34-11-3-9-31-34/h3-13H,14-17H2,1-2H3,(H2,28,29)(H,30,36). The summed E-state index contributed by atoms with van der Waals surface area (Å²) in [6, 6.07) is 16.0. The highest BCUT2D eigenvalue weighted by molar-refractivity contribution is 5.92. The van der Waals surface area contributed by atoms with Gasteiger partial charge in [0.25, 0.3) is 5.91 Å². The Morgan fingerprint density at radius 2 is 1.86 bits per heavy atom. The molecule has 3 aromatic heterocycles. The number of amides is 1. The number of fused-ring (bicyclic) bond motifs is 1. The second-order valence-electron chi connectivity index (χ2n) is 8.84. The minimum absolute atomic E-state index is 0.106. The van der Waals surface area contributed by atoms with Gasteiger partial charge in [-0.3, -0.25) is 9.48 Å². The van der Waals surface area contributed by atoms with Crippen molar-refractivity contribution in [1.29, 1.82) is 0 Å². The fourth-order valence-corrected chi connectivity index (χ4v) is 4.18. The molecule has 3 heterocycles. The van der Waals surface area contributed by atoms with E-state index in [0.717, 1.165) is 33.0 Å². The van der Waals surface area contributed by atoms with E-state index in [1.165, 1.54) is 0 Å². The molecule has 0 bridgehead atoms. The predicted molar refractivity (Wildman–Crippen MR) is 140 cm³/mol. The van der Waals surface area contributed by atoms with E-state index in [9.17, 15) is 4.79 Å². The first-order valence-electron chi connectivity index (χ1n) is 11.9. The van der Waals surface area contributed by atoms with Crippen LogP contribution in [0.15, 0.2) is 67.1 Å². The highest BCUT2D eigenvalue weighted by atomic mass is 16.5. The fraction of sp³-hybridized carbons (Fsp3) is 0.222. The van der Waals surface area contributed by atoms with Gasteiger partial charge in [0, 0.05) is 37.6 Å². The number of anilines is 1. The van der Waals surface area contributed by atoms with E-state index in [2.05, 4.69) is 37.6 Å². The van der Waals surface area contributed by atoms with Crippen molar-refractivity contribution in [3.8, 4) is 0 Å². The van der Waals surface area contributed by atoms with Crippen LogP contribution < -0.4 is 11.1 Å². The molecule has 0 saturated heterocycles. The molecule has 0 saturated carbocycles. The number of benzene rings is 2. The second-order valence-corrected chi connectivity index (χ2v) is 8.84. The van der Waals surface area contributed by atoms with Crippen LogP contribution in [-0.2, 0) is 31.0 Å². The van der Waals surface area contributed by atoms with Crippen molar-refractivity contribution in [3.63, 3.8) is 0 Å². The summed E-state index contributed by atoms with van der Waals surface area (Å²) in [6.07, 6.45) is 5.37. The van der Waals surface area contributed by atoms with E-state index in [4.69, 9.17) is 10.5 Å². The summed E-state index contributed by atoms with van der Waals surface area (Å²) in [7, 11) is 1.59. The summed E-state index contributed by atoms with van der Waals surface area (Å²) in [5.41, 5.74) is 10.2. The maximum atomic E-state index is 12.9. The first kappa shape index (κ1) is 24.1. The number of carbonyl (C=O) groups excluding carboxylic acids is 1. The Bertz CT molecular complexity index is 1520. The molecule has 0 spiro atoms. The van der Waals surface area contributed by atoms with Crippen LogP contribution in [0, 0.1) is 6.92 Å². The Kier molecular flexibility index (Phi) is 6.91. The van der Waals surface area contributed by atoms with Crippen LogP contribution in [0.3, 0.4) is 0 Å². The van der Waals surface area contributed by atoms with Gasteiger partial charge >= 0.3 is 0 Å². The van der Waals surface area contributed by atoms with Gasteiger partial charge in [-0.25, -0.2) is 14.6 Å². The number of carbonyl (C=O) groups is 1. The summed E-state index contributed by atoms with van der Waals surface area (Å²) in [6.45, 7) is 3.75. The molecule has 10 heteroatoms. The Balaban J connectivity index is 1.28. The SMILES string of the molecule is COCc1nc(C(=O)NCc2cc3ccnc(N)c3cc2C)nn1Cc1ccc(Cn2cccn2)cc1. The quantitative estimate of drug-likeness (QED) is 0.321. The number of methoxy groups -OCH3 is 1. The van der Waals surface area contributed by atoms with Gasteiger partial charge in [-0.15, -0.1) is 5.10 Å². The molecular formula is C27H28N8O2. The fourth-order valence-electron chi connectivity index (χ4n) is 4.18. The van der Waals surface area contributed by atoms with E-state index >= 15 is 0 Å². The minimum Gasteiger partial charge on any atom is -0.383 e. The van der Waals surface area contributed by atoms with Gasteiger partial charge in [-0.2, -0.15) is 5.10 Å². The van der Waals surface area contributed by atoms with Crippen LogP contribution in [0.25, 0.3) is 10.8 Å². The van der Waals surface area contributed by atoms with E-state index < -0.39 is 0 Å². The number of rotatable bonds is 9. The zero-order valence-corrected chi connectivity index (χ0v) is 20.8. The maximum Gasteiger partial charge on any atom is 0.291 e. The average Bonchev–Trinajstić information content (AvgIpc) is 3.55. The van der Waals surface area contributed by atoms with Crippen molar-refractivity contribution in [1.82, 2.24) is 34.8 Å². The summed E-state index contributed by atoms with van der Waals surface area (Å²) in [5, 5.41) is 13.5. The van der Waals surface area contributed by atoms with Crippen LogP contribution in [0.4, 0.5) is 5.82 Å². The van der Waals surface area contributed by atoms with Crippen molar-refractivity contribution >= 4 is 22.5 Å². The normalized spacial score (nSPS) is 11.2. The van der Waals surface area contributed by atoms with Gasteiger partial charge in [0.2, 0.25) is 5.82 Å². The predicted octanol–water partition coefficient (Wildman–Crippen LogP) is 3.09. The lowest BCUT2D eigenvalue weighted by Crippen LogP contribution is -2.24. The van der Waals surface area contributed by atoms with Gasteiger partial charge < -0.3 is 15.8 Å². The third kappa shape index (κ3) is 5.49. The molecule has 3 N–H and O–H groups in total. The van der Waals surface area contributed by atoms with E-state index in [1.54, 1.807) is 24.2 Å². The Hall–Kier alpha value is -4.57. The number of pyridine rings is 1. The largest absolute Gasteiger partial charge is 0.383 e. The first-order valence-corrected chi connectivity index (χ1v) is 11.9. The number of hydrogen-bond donors (Lipinski definition) is 2. The Morgan fingerprint density at radius 1 is 1.08 bits per heavy atom. The van der Waals surface area contributed by atoms with Crippen molar-refractivity contribution in [2.75, 3.05) is 12.8 Å². The van der Waals surface area contributed by atoms with Gasteiger partial charge in [-0.1, -0.05) is 24.3 Å². The lowest BCUT2D eigenvalue weighted by molar-refractivity contribution is 0.0940. The Labute approximate surface area is 214 Å². The maximum absolute atomic E-state index is 12.9. The van der Waals surface area contributed by atoms with Crippen molar-refractivity contribution in [2.24, 2.45) is 0 Å². The number of nitrogens with one attached hydrogen (secondary N) is 1. The molecule has 5 aromatic rings. The summed E-state index contributed by atoms with van der Waals surface area (Å²) < 4.78 is 8.87. The molecule has 188 valence electrons. The van der Waals surface area contributed by atoms with E-state index in [-0.39, 0.29) is 18.3 Å². The monoisotopic (exact) mass is 496 g/mol. The third-order valence-corrected chi connectivity index (χ3v) is 6.18. The lowest BCUT2D eigenvalue weighted by Gasteiger charge is -2.10. The van der Waals surface area contributed by atoms with E-state index in [1.807, 2.05) is 54.2 Å². The number of aromatic nitrogens is 6. The molecule has 5 rings (SSSR count). The second kappa shape index (κ2) is 10.6. The first-order chi connectivity index (χ1) is 18.0. The Morgan fingerprint density at radius 3 is 2.59 bits per heavy atom. The summed E-state index contributed by atoms with van der Waals surface area (Å²) in [4.78, 5) is 21.5. The summed E-state index contributed by atoms with van der Waals surface area (Å²) in [5.74, 6) is 0.830. The molecular weight excluding hydrogens is 468 g/mol. The van der Waals surface area contributed by atoms with Crippen LogP contribution >= 0.6 is 0 Å². The smallest absolute Gasteiger partial charge is 0.291 e. The molecule has 1 amide bonds. The molecule has 0 aliphatic carbocycles. The molecule has 0 atom stereocenters. The van der Waals surface area contributed by atoms with Crippen molar-refractivity contribution < 1.29 is 9.53 Å². The van der Waals surface area contributed by atoms with Crippen LogP contribution in [0.1, 0.15) is 38.7 Å². The molecule has 2 aromatic carbocycles. The van der Waals surface area contributed by atoms with Gasteiger partial charge in [0.1, 0.15) is 12.4 Å². The van der Waals surface area contributed by atoms with Crippen molar-refractivity contribution in [3.05, 3.63) is 101 Å². The number of nitrogens with two attached hydrogens (primary N) is 1. The molecule has 0 aliphatic rings. The van der Waals surface area contributed by atoms with E-state index in [0.29, 0.717) is 31.3 Å². The van der Waals surface area contributed by atoms with Gasteiger partial charge in [0.15, 0.2) is 5.82 Å². The molecule has 10 nitrogen and oxygen atoms in total. The zero-order valence-electron chi connectivity index (χ0n) is 20.8. The van der Waals surface area contributed by atoms with Gasteiger partial charge in [0.05, 0.1) is 13.1 Å². The minimum atomic E-state index is -0.348. The zero-order chi connectivity index (χ0) is 25.8. The lowest BCUT2D eigenvalue weighted by atomic mass is 10.0.